The van der Waals surface area contributed by atoms with Crippen molar-refractivity contribution >= 4 is 29.5 Å². The second-order valence-electron chi connectivity index (χ2n) is 4.33. The number of hydrogen-bond donors (Lipinski definition) is 2. The number of esters is 1. The van der Waals surface area contributed by atoms with Gasteiger partial charge in [0.2, 0.25) is 11.8 Å². The lowest BCUT2D eigenvalue weighted by atomic mass is 10.3. The smallest absolute Gasteiger partial charge is 0.336 e. The van der Waals surface area contributed by atoms with Crippen molar-refractivity contribution in [2.75, 3.05) is 51.5 Å². The van der Waals surface area contributed by atoms with E-state index < -0.39 is 12.1 Å². The molecule has 21 heavy (non-hydrogen) atoms. The van der Waals surface area contributed by atoms with Gasteiger partial charge >= 0.3 is 5.97 Å². The summed E-state index contributed by atoms with van der Waals surface area (Å²) in [5, 5.41) is 11.7. The molecule has 1 aliphatic heterocycles. The van der Waals surface area contributed by atoms with Gasteiger partial charge in [-0.05, 0) is 0 Å². The quantitative estimate of drug-likeness (QED) is 0.535. The van der Waals surface area contributed by atoms with Crippen LogP contribution < -0.4 is 5.32 Å². The average molecular weight is 320 g/mol. The van der Waals surface area contributed by atoms with E-state index in [9.17, 15) is 19.5 Å². The summed E-state index contributed by atoms with van der Waals surface area (Å²) in [4.78, 5) is 35.9. The van der Waals surface area contributed by atoms with E-state index in [0.717, 1.165) is 7.11 Å². The number of carbonyl (C=O) groups excluding carboxylic acids is 3. The molecule has 1 atom stereocenters. The first-order valence-corrected chi connectivity index (χ1v) is 7.66. The summed E-state index contributed by atoms with van der Waals surface area (Å²) in [5.74, 6) is -0.870. The van der Waals surface area contributed by atoms with Crippen LogP contribution in [0.25, 0.3) is 0 Å². The summed E-state index contributed by atoms with van der Waals surface area (Å²) in [5.41, 5.74) is 0. The highest BCUT2D eigenvalue weighted by molar-refractivity contribution is 8.00. The van der Waals surface area contributed by atoms with Crippen molar-refractivity contribution in [1.29, 1.82) is 0 Å². The number of rotatable bonds is 7. The number of thioether (sulfide) groups is 1. The molecule has 0 spiro atoms. The Kier molecular flexibility index (Phi) is 8.09. The maximum absolute atomic E-state index is 11.8. The number of nitrogens with one attached hydrogen (secondary N) is 1. The number of morpholine rings is 1. The fourth-order valence-electron chi connectivity index (χ4n) is 1.62. The summed E-state index contributed by atoms with van der Waals surface area (Å²) in [7, 11) is 1.15. The molecular weight excluding hydrogens is 300 g/mol. The number of nitrogens with zero attached hydrogens (tertiary/aromatic N) is 1. The minimum atomic E-state index is -1.38. The fraction of sp³-hybridized carbons (Fsp3) is 0.750. The zero-order valence-corrected chi connectivity index (χ0v) is 12.7. The molecule has 0 aromatic rings. The van der Waals surface area contributed by atoms with Gasteiger partial charge in [-0.2, -0.15) is 0 Å². The van der Waals surface area contributed by atoms with Gasteiger partial charge in [0.25, 0.3) is 0 Å². The predicted octanol–water partition coefficient (Wildman–Crippen LogP) is -1.77. The van der Waals surface area contributed by atoms with Gasteiger partial charge in [-0.25, -0.2) is 4.79 Å². The van der Waals surface area contributed by atoms with Gasteiger partial charge < -0.3 is 24.8 Å². The van der Waals surface area contributed by atoms with Gasteiger partial charge in [-0.3, -0.25) is 9.59 Å². The number of ether oxygens (including phenoxy) is 2. The van der Waals surface area contributed by atoms with Crippen LogP contribution in [0.2, 0.25) is 0 Å². The Labute approximate surface area is 127 Å². The number of aliphatic hydroxyl groups excluding tert-OH is 1. The lowest BCUT2D eigenvalue weighted by Gasteiger charge is -2.26. The highest BCUT2D eigenvalue weighted by atomic mass is 32.2. The summed E-state index contributed by atoms with van der Waals surface area (Å²) in [6, 6.07) is 0. The third-order valence-corrected chi connectivity index (χ3v) is 3.71. The first-order valence-electron chi connectivity index (χ1n) is 6.50. The Bertz CT molecular complexity index is 373. The van der Waals surface area contributed by atoms with Crippen LogP contribution in [0.4, 0.5) is 0 Å². The molecule has 0 aliphatic carbocycles. The molecule has 0 bridgehead atoms. The molecule has 9 heteroatoms. The summed E-state index contributed by atoms with van der Waals surface area (Å²) < 4.78 is 9.47. The molecule has 120 valence electrons. The Morgan fingerprint density at radius 1 is 1.33 bits per heavy atom. The fourth-order valence-corrected chi connectivity index (χ4v) is 2.36. The number of methoxy groups -OCH3 is 1. The zero-order chi connectivity index (χ0) is 15.7. The average Bonchev–Trinajstić information content (AvgIpc) is 2.52. The summed E-state index contributed by atoms with van der Waals surface area (Å²) >= 11 is 1.19. The Morgan fingerprint density at radius 3 is 2.62 bits per heavy atom. The molecule has 0 aromatic heterocycles. The molecule has 2 N–H and O–H groups in total. The van der Waals surface area contributed by atoms with E-state index in [-0.39, 0.29) is 29.9 Å². The molecule has 0 radical (unpaired) electrons. The van der Waals surface area contributed by atoms with Crippen LogP contribution in [0.15, 0.2) is 0 Å². The molecular formula is C12H20N2O6S. The molecule has 1 rings (SSSR count). The van der Waals surface area contributed by atoms with E-state index in [1.54, 1.807) is 4.90 Å². The van der Waals surface area contributed by atoms with Crippen molar-refractivity contribution in [3.63, 3.8) is 0 Å². The highest BCUT2D eigenvalue weighted by Crippen LogP contribution is 2.05. The van der Waals surface area contributed by atoms with E-state index in [1.165, 1.54) is 11.8 Å². The van der Waals surface area contributed by atoms with E-state index in [0.29, 0.717) is 26.3 Å². The van der Waals surface area contributed by atoms with Crippen molar-refractivity contribution in [1.82, 2.24) is 10.2 Å². The molecule has 0 saturated carbocycles. The van der Waals surface area contributed by atoms with Crippen LogP contribution in [-0.2, 0) is 23.9 Å². The van der Waals surface area contributed by atoms with Gasteiger partial charge in [0, 0.05) is 13.1 Å². The molecule has 0 aromatic carbocycles. The lowest BCUT2D eigenvalue weighted by Crippen LogP contribution is -2.42. The molecule has 1 heterocycles. The Morgan fingerprint density at radius 2 is 2.00 bits per heavy atom. The van der Waals surface area contributed by atoms with Crippen LogP contribution in [0.3, 0.4) is 0 Å². The summed E-state index contributed by atoms with van der Waals surface area (Å²) in [6.07, 6.45) is -1.38. The number of carbonyl (C=O) groups is 3. The normalized spacial score (nSPS) is 16.2. The second-order valence-corrected chi connectivity index (χ2v) is 5.31. The van der Waals surface area contributed by atoms with Crippen LogP contribution >= 0.6 is 11.8 Å². The first-order chi connectivity index (χ1) is 10.0. The largest absolute Gasteiger partial charge is 0.467 e. The van der Waals surface area contributed by atoms with Gasteiger partial charge in [-0.1, -0.05) is 0 Å². The van der Waals surface area contributed by atoms with E-state index >= 15 is 0 Å². The van der Waals surface area contributed by atoms with E-state index in [4.69, 9.17) is 4.74 Å². The highest BCUT2D eigenvalue weighted by Gasteiger charge is 2.18. The Hall–Kier alpha value is -1.32. The Balaban J connectivity index is 2.12. The molecule has 1 aliphatic rings. The maximum Gasteiger partial charge on any atom is 0.336 e. The van der Waals surface area contributed by atoms with Crippen molar-refractivity contribution in [3.8, 4) is 0 Å². The maximum atomic E-state index is 11.8. The standard InChI is InChI=1S/C12H20N2O6S/c1-19-12(18)9(15)6-13-10(16)7-21-8-11(17)14-2-4-20-5-3-14/h9,15H,2-8H2,1H3,(H,13,16). The molecule has 1 saturated heterocycles. The number of aliphatic hydroxyl groups is 1. The van der Waals surface area contributed by atoms with E-state index in [2.05, 4.69) is 10.1 Å². The van der Waals surface area contributed by atoms with Crippen molar-refractivity contribution in [2.45, 2.75) is 6.10 Å². The van der Waals surface area contributed by atoms with Crippen LogP contribution in [0.5, 0.6) is 0 Å². The topological polar surface area (TPSA) is 105 Å². The van der Waals surface area contributed by atoms with Crippen LogP contribution in [0, 0.1) is 0 Å². The van der Waals surface area contributed by atoms with Crippen LogP contribution in [0.1, 0.15) is 0 Å². The summed E-state index contributed by atoms with van der Waals surface area (Å²) in [6.45, 7) is 2.04. The van der Waals surface area contributed by atoms with Crippen LogP contribution in [-0.4, -0.2) is 85.4 Å². The number of amides is 2. The lowest BCUT2D eigenvalue weighted by molar-refractivity contribution is -0.150. The second kappa shape index (κ2) is 9.59. The van der Waals surface area contributed by atoms with Gasteiger partial charge in [0.15, 0.2) is 6.10 Å². The molecule has 2 amide bonds. The monoisotopic (exact) mass is 320 g/mol. The van der Waals surface area contributed by atoms with Gasteiger partial charge in [0.1, 0.15) is 0 Å². The SMILES string of the molecule is COC(=O)C(O)CNC(=O)CSCC(=O)N1CCOCC1. The minimum Gasteiger partial charge on any atom is -0.467 e. The zero-order valence-electron chi connectivity index (χ0n) is 11.9. The first kappa shape index (κ1) is 17.7. The minimum absolute atomic E-state index is 0.0225. The molecule has 1 fully saturated rings. The van der Waals surface area contributed by atoms with Gasteiger partial charge in [0.05, 0.1) is 38.4 Å². The third kappa shape index (κ3) is 6.78. The predicted molar refractivity (Wildman–Crippen MR) is 75.8 cm³/mol. The molecule has 8 nitrogen and oxygen atoms in total. The van der Waals surface area contributed by atoms with Gasteiger partial charge in [-0.15, -0.1) is 11.8 Å². The van der Waals surface area contributed by atoms with E-state index in [1.807, 2.05) is 0 Å². The van der Waals surface area contributed by atoms with Crippen molar-refractivity contribution < 1.29 is 29.0 Å². The van der Waals surface area contributed by atoms with Crippen molar-refractivity contribution in [3.05, 3.63) is 0 Å². The number of hydrogen-bond acceptors (Lipinski definition) is 7. The van der Waals surface area contributed by atoms with Crippen molar-refractivity contribution in [2.24, 2.45) is 0 Å². The third-order valence-electron chi connectivity index (χ3n) is 2.79. The molecule has 1 unspecified atom stereocenters.